The van der Waals surface area contributed by atoms with E-state index in [9.17, 15) is 0 Å². The molecule has 4 heteroatoms. The van der Waals surface area contributed by atoms with Crippen molar-refractivity contribution in [2.75, 3.05) is 13.3 Å². The molecule has 1 rings (SSSR count). The minimum atomic E-state index is -0.362. The zero-order chi connectivity index (χ0) is 12.2. The molecule has 90 valence electrons. The van der Waals surface area contributed by atoms with Gasteiger partial charge in [-0.15, -0.1) is 9.24 Å². The summed E-state index contributed by atoms with van der Waals surface area (Å²) in [5.41, 5.74) is 6.17. The first-order valence-corrected chi connectivity index (χ1v) is 5.85. The van der Waals surface area contributed by atoms with Crippen LogP contribution in [-0.2, 0) is 4.74 Å². The van der Waals surface area contributed by atoms with Crippen molar-refractivity contribution in [3.8, 4) is 5.75 Å². The van der Waals surface area contributed by atoms with Gasteiger partial charge in [0.25, 0.3) is 0 Å². The monoisotopic (exact) mass is 241 g/mol. The maximum Gasteiger partial charge on any atom is 0.120 e. The third-order valence-electron chi connectivity index (χ3n) is 2.13. The Kier molecular flexibility index (Phi) is 4.72. The van der Waals surface area contributed by atoms with Gasteiger partial charge in [0.2, 0.25) is 0 Å². The molecule has 0 saturated carbocycles. The first kappa shape index (κ1) is 13.4. The van der Waals surface area contributed by atoms with Crippen LogP contribution in [0.25, 0.3) is 0 Å². The Labute approximate surface area is 99.5 Å². The number of rotatable bonds is 5. The summed E-state index contributed by atoms with van der Waals surface area (Å²) < 4.78 is 11.1. The quantitative estimate of drug-likeness (QED) is 0.629. The Balaban J connectivity index is 2.60. The summed E-state index contributed by atoms with van der Waals surface area (Å²) in [7, 11) is 2.67. The van der Waals surface area contributed by atoms with Crippen molar-refractivity contribution in [3.63, 3.8) is 0 Å². The van der Waals surface area contributed by atoms with Gasteiger partial charge in [0.05, 0.1) is 12.3 Å². The fourth-order valence-corrected chi connectivity index (χ4v) is 1.81. The smallest absolute Gasteiger partial charge is 0.120 e. The van der Waals surface area contributed by atoms with Crippen LogP contribution >= 0.6 is 9.24 Å². The number of benzene rings is 1. The second-order valence-corrected chi connectivity index (χ2v) is 5.11. The van der Waals surface area contributed by atoms with Crippen LogP contribution in [0.3, 0.4) is 0 Å². The third-order valence-corrected chi connectivity index (χ3v) is 2.47. The Bertz CT molecular complexity index is 333. The zero-order valence-electron chi connectivity index (χ0n) is 10.1. The summed E-state index contributed by atoms with van der Waals surface area (Å²) in [5.74, 6) is 0.860. The van der Waals surface area contributed by atoms with E-state index >= 15 is 0 Å². The first-order chi connectivity index (χ1) is 7.43. The van der Waals surface area contributed by atoms with Gasteiger partial charge < -0.3 is 15.2 Å². The van der Waals surface area contributed by atoms with E-state index < -0.39 is 0 Å². The van der Waals surface area contributed by atoms with Gasteiger partial charge in [-0.1, -0.05) is 6.07 Å². The standard InChI is InChI=1S/C12H20NO2P/c1-9-4-10(6-11(16)5-9)14-7-12(2,3)15-8-13/h4-6H,7-8,13,16H2,1-3H3. The van der Waals surface area contributed by atoms with Gasteiger partial charge in [-0.05, 0) is 43.8 Å². The second-order valence-electron chi connectivity index (χ2n) is 4.44. The molecule has 1 atom stereocenters. The van der Waals surface area contributed by atoms with E-state index in [0.717, 1.165) is 11.1 Å². The van der Waals surface area contributed by atoms with E-state index in [4.69, 9.17) is 15.2 Å². The first-order valence-electron chi connectivity index (χ1n) is 5.27. The van der Waals surface area contributed by atoms with Crippen LogP contribution < -0.4 is 15.8 Å². The van der Waals surface area contributed by atoms with Crippen molar-refractivity contribution >= 4 is 14.5 Å². The minimum Gasteiger partial charge on any atom is -0.491 e. The molecule has 2 N–H and O–H groups in total. The SMILES string of the molecule is Cc1cc(P)cc(OCC(C)(C)OCN)c1. The summed E-state index contributed by atoms with van der Waals surface area (Å²) in [6, 6.07) is 6.07. The lowest BCUT2D eigenvalue weighted by molar-refractivity contribution is -0.0439. The predicted molar refractivity (Wildman–Crippen MR) is 70.2 cm³/mol. The fraction of sp³-hybridized carbons (Fsp3) is 0.500. The molecule has 1 aromatic rings. The molecule has 16 heavy (non-hydrogen) atoms. The predicted octanol–water partition coefficient (Wildman–Crippen LogP) is 1.59. The summed E-state index contributed by atoms with van der Waals surface area (Å²) in [5, 5.41) is 1.12. The molecule has 1 unspecified atom stereocenters. The Morgan fingerprint density at radius 2 is 2.00 bits per heavy atom. The van der Waals surface area contributed by atoms with Gasteiger partial charge in [0, 0.05) is 0 Å². The Morgan fingerprint density at radius 3 is 2.56 bits per heavy atom. The van der Waals surface area contributed by atoms with Crippen LogP contribution in [0.1, 0.15) is 19.4 Å². The number of hydrogen-bond acceptors (Lipinski definition) is 3. The summed E-state index contributed by atoms with van der Waals surface area (Å²) in [6.07, 6.45) is 0. The normalized spacial score (nSPS) is 11.6. The molecule has 0 spiro atoms. The highest BCUT2D eigenvalue weighted by Crippen LogP contribution is 2.16. The number of nitrogens with two attached hydrogens (primary N) is 1. The number of hydrogen-bond donors (Lipinski definition) is 1. The highest BCUT2D eigenvalue weighted by Gasteiger charge is 2.18. The van der Waals surface area contributed by atoms with Crippen molar-refractivity contribution in [1.82, 2.24) is 0 Å². The molecule has 0 bridgehead atoms. The van der Waals surface area contributed by atoms with Gasteiger partial charge in [-0.25, -0.2) is 0 Å². The van der Waals surface area contributed by atoms with Crippen LogP contribution in [-0.4, -0.2) is 18.9 Å². The molecule has 0 aliphatic heterocycles. The van der Waals surface area contributed by atoms with Crippen LogP contribution in [0.5, 0.6) is 5.75 Å². The van der Waals surface area contributed by atoms with Crippen molar-refractivity contribution < 1.29 is 9.47 Å². The van der Waals surface area contributed by atoms with Gasteiger partial charge in [0.1, 0.15) is 12.4 Å². The molecule has 0 aliphatic rings. The van der Waals surface area contributed by atoms with E-state index in [1.54, 1.807) is 0 Å². The van der Waals surface area contributed by atoms with Crippen LogP contribution in [0.4, 0.5) is 0 Å². The molecule has 0 heterocycles. The summed E-state index contributed by atoms with van der Waals surface area (Å²) in [4.78, 5) is 0. The average Bonchev–Trinajstić information content (AvgIpc) is 2.13. The molecular formula is C12H20NO2P. The highest BCUT2D eigenvalue weighted by atomic mass is 31.0. The summed E-state index contributed by atoms with van der Waals surface area (Å²) >= 11 is 0. The molecule has 0 aliphatic carbocycles. The largest absolute Gasteiger partial charge is 0.491 e. The van der Waals surface area contributed by atoms with E-state index in [-0.39, 0.29) is 12.3 Å². The molecule has 0 aromatic heterocycles. The molecule has 3 nitrogen and oxygen atoms in total. The van der Waals surface area contributed by atoms with Gasteiger partial charge in [-0.2, -0.15) is 0 Å². The van der Waals surface area contributed by atoms with Gasteiger partial charge in [0.15, 0.2) is 0 Å². The van der Waals surface area contributed by atoms with Gasteiger partial charge >= 0.3 is 0 Å². The van der Waals surface area contributed by atoms with E-state index in [1.807, 2.05) is 32.9 Å². The van der Waals surface area contributed by atoms with Gasteiger partial charge in [-0.3, -0.25) is 0 Å². The van der Waals surface area contributed by atoms with Crippen LogP contribution in [0, 0.1) is 6.92 Å². The lowest BCUT2D eigenvalue weighted by atomic mass is 10.1. The summed E-state index contributed by atoms with van der Waals surface area (Å²) in [6.45, 7) is 6.65. The number of ether oxygens (including phenoxy) is 2. The molecule has 0 amide bonds. The molecule has 1 aromatic carbocycles. The van der Waals surface area contributed by atoms with E-state index in [2.05, 4.69) is 15.3 Å². The Hall–Kier alpha value is -0.630. The van der Waals surface area contributed by atoms with Crippen molar-refractivity contribution in [2.24, 2.45) is 5.73 Å². The van der Waals surface area contributed by atoms with Crippen LogP contribution in [0.2, 0.25) is 0 Å². The lowest BCUT2D eigenvalue weighted by Crippen LogP contribution is -2.34. The fourth-order valence-electron chi connectivity index (χ4n) is 1.38. The Morgan fingerprint density at radius 1 is 1.31 bits per heavy atom. The maximum atomic E-state index is 5.69. The van der Waals surface area contributed by atoms with Crippen molar-refractivity contribution in [3.05, 3.63) is 23.8 Å². The second kappa shape index (κ2) is 5.62. The molecule has 0 radical (unpaired) electrons. The van der Waals surface area contributed by atoms with Crippen LogP contribution in [0.15, 0.2) is 18.2 Å². The maximum absolute atomic E-state index is 5.69. The average molecular weight is 241 g/mol. The van der Waals surface area contributed by atoms with Crippen molar-refractivity contribution in [1.29, 1.82) is 0 Å². The molecule has 0 saturated heterocycles. The number of aryl methyl sites for hydroxylation is 1. The molecular weight excluding hydrogens is 221 g/mol. The van der Waals surface area contributed by atoms with Crippen molar-refractivity contribution in [2.45, 2.75) is 26.4 Å². The molecule has 0 fully saturated rings. The topological polar surface area (TPSA) is 44.5 Å². The lowest BCUT2D eigenvalue weighted by Gasteiger charge is -2.24. The minimum absolute atomic E-state index is 0.207. The third kappa shape index (κ3) is 4.48. The van der Waals surface area contributed by atoms with E-state index in [1.165, 1.54) is 5.56 Å². The highest BCUT2D eigenvalue weighted by molar-refractivity contribution is 7.27. The zero-order valence-corrected chi connectivity index (χ0v) is 11.3. The van der Waals surface area contributed by atoms with E-state index in [0.29, 0.717) is 6.61 Å².